The zero-order valence-corrected chi connectivity index (χ0v) is 14.0. The van der Waals surface area contributed by atoms with Crippen LogP contribution in [0, 0.1) is 0 Å². The molecule has 2 rings (SSSR count). The fourth-order valence-electron chi connectivity index (χ4n) is 2.05. The number of carbonyl (C=O) groups is 1. The molecule has 0 saturated heterocycles. The zero-order valence-electron chi connectivity index (χ0n) is 11.6. The van der Waals surface area contributed by atoms with Gasteiger partial charge in [0.2, 0.25) is 0 Å². The van der Waals surface area contributed by atoms with Gasteiger partial charge in [-0.25, -0.2) is 4.79 Å². The maximum atomic E-state index is 10.8. The van der Waals surface area contributed by atoms with Crippen molar-refractivity contribution in [3.05, 3.63) is 55.7 Å². The van der Waals surface area contributed by atoms with Gasteiger partial charge in [-0.05, 0) is 37.7 Å². The van der Waals surface area contributed by atoms with Gasteiger partial charge in [0.25, 0.3) is 0 Å². The minimum atomic E-state index is -0.914. The van der Waals surface area contributed by atoms with E-state index < -0.39 is 5.97 Å². The first-order chi connectivity index (χ1) is 9.88. The van der Waals surface area contributed by atoms with Crippen molar-refractivity contribution in [2.45, 2.75) is 19.5 Å². The second kappa shape index (κ2) is 6.79. The molecule has 21 heavy (non-hydrogen) atoms. The monoisotopic (exact) mass is 343 g/mol. The molecule has 0 fully saturated rings. The van der Waals surface area contributed by atoms with E-state index in [0.29, 0.717) is 20.8 Å². The second-order valence-electron chi connectivity index (χ2n) is 4.87. The predicted octanol–water partition coefficient (Wildman–Crippen LogP) is 4.95. The molecule has 6 heteroatoms. The quantitative estimate of drug-likeness (QED) is 0.835. The van der Waals surface area contributed by atoms with Crippen LogP contribution in [0.2, 0.25) is 8.67 Å². The van der Waals surface area contributed by atoms with E-state index in [-0.39, 0.29) is 6.04 Å². The molecule has 0 amide bonds. The van der Waals surface area contributed by atoms with Crippen LogP contribution in [0.4, 0.5) is 0 Å². The third kappa shape index (κ3) is 3.98. The second-order valence-corrected chi connectivity index (χ2v) is 7.16. The lowest BCUT2D eigenvalue weighted by atomic mass is 10.1. The number of carboxylic acids is 1. The summed E-state index contributed by atoms with van der Waals surface area (Å²) in [5.74, 6) is -0.914. The van der Waals surface area contributed by atoms with Gasteiger partial charge in [-0.1, -0.05) is 35.3 Å². The highest BCUT2D eigenvalue weighted by molar-refractivity contribution is 7.20. The van der Waals surface area contributed by atoms with Crippen molar-refractivity contribution in [1.29, 1.82) is 0 Å². The van der Waals surface area contributed by atoms with Gasteiger partial charge in [-0.15, -0.1) is 11.3 Å². The van der Waals surface area contributed by atoms with Gasteiger partial charge < -0.3 is 5.11 Å². The summed E-state index contributed by atoms with van der Waals surface area (Å²) in [6, 6.07) is 8.91. The van der Waals surface area contributed by atoms with Crippen molar-refractivity contribution in [2.75, 3.05) is 7.05 Å². The van der Waals surface area contributed by atoms with Crippen LogP contribution < -0.4 is 0 Å². The average molecular weight is 344 g/mol. The Morgan fingerprint density at radius 2 is 1.95 bits per heavy atom. The van der Waals surface area contributed by atoms with Crippen molar-refractivity contribution < 1.29 is 9.90 Å². The Hall–Kier alpha value is -1.07. The number of carboxylic acid groups (broad SMARTS) is 1. The molecule has 1 atom stereocenters. The SMILES string of the molecule is CC(c1cc(Cl)sc1Cl)N(C)Cc1ccc(C(=O)O)cc1. The molecule has 0 spiro atoms. The van der Waals surface area contributed by atoms with Crippen molar-refractivity contribution in [3.8, 4) is 0 Å². The van der Waals surface area contributed by atoms with Crippen molar-refractivity contribution >= 4 is 40.5 Å². The highest BCUT2D eigenvalue weighted by atomic mass is 35.5. The molecule has 0 aliphatic carbocycles. The molecule has 3 nitrogen and oxygen atoms in total. The smallest absolute Gasteiger partial charge is 0.335 e. The standard InChI is InChI=1S/C15H15Cl2NO2S/c1-9(12-7-13(16)21-14(12)17)18(2)8-10-3-5-11(6-4-10)15(19)20/h3-7,9H,8H2,1-2H3,(H,19,20). The summed E-state index contributed by atoms with van der Waals surface area (Å²) in [6.45, 7) is 2.76. The molecular weight excluding hydrogens is 329 g/mol. The van der Waals surface area contributed by atoms with Gasteiger partial charge in [-0.3, -0.25) is 4.90 Å². The van der Waals surface area contributed by atoms with E-state index in [0.717, 1.165) is 11.1 Å². The molecule has 0 radical (unpaired) electrons. The average Bonchev–Trinajstić information content (AvgIpc) is 2.77. The molecule has 1 aromatic carbocycles. The van der Waals surface area contributed by atoms with E-state index in [4.69, 9.17) is 28.3 Å². The molecule has 1 N–H and O–H groups in total. The lowest BCUT2D eigenvalue weighted by Gasteiger charge is -2.24. The third-order valence-electron chi connectivity index (χ3n) is 3.43. The Bertz CT molecular complexity index is 640. The number of halogens is 2. The summed E-state index contributed by atoms with van der Waals surface area (Å²) in [5, 5.41) is 8.89. The molecule has 0 aliphatic rings. The maximum absolute atomic E-state index is 10.8. The summed E-state index contributed by atoms with van der Waals surface area (Å²) in [4.78, 5) is 13.0. The van der Waals surface area contributed by atoms with Crippen LogP contribution in [0.1, 0.15) is 34.5 Å². The fourth-order valence-corrected chi connectivity index (χ4v) is 3.69. The van der Waals surface area contributed by atoms with Crippen molar-refractivity contribution in [3.63, 3.8) is 0 Å². The Kier molecular flexibility index (Phi) is 5.27. The summed E-state index contributed by atoms with van der Waals surface area (Å²) in [7, 11) is 2.00. The van der Waals surface area contributed by atoms with E-state index in [1.165, 1.54) is 11.3 Å². The number of benzene rings is 1. The number of hydrogen-bond donors (Lipinski definition) is 1. The topological polar surface area (TPSA) is 40.5 Å². The van der Waals surface area contributed by atoms with Crippen LogP contribution in [0.25, 0.3) is 0 Å². The predicted molar refractivity (Wildman–Crippen MR) is 87.6 cm³/mol. The first kappa shape index (κ1) is 16.3. The molecule has 0 saturated carbocycles. The molecular formula is C15H15Cl2NO2S. The van der Waals surface area contributed by atoms with Crippen molar-refractivity contribution in [2.24, 2.45) is 0 Å². The highest BCUT2D eigenvalue weighted by Crippen LogP contribution is 2.36. The molecule has 0 bridgehead atoms. The summed E-state index contributed by atoms with van der Waals surface area (Å²) in [5.41, 5.74) is 2.35. The van der Waals surface area contributed by atoms with Crippen molar-refractivity contribution in [1.82, 2.24) is 4.90 Å². The zero-order chi connectivity index (χ0) is 15.6. The van der Waals surface area contributed by atoms with Crippen LogP contribution in [-0.4, -0.2) is 23.0 Å². The Morgan fingerprint density at radius 3 is 2.43 bits per heavy atom. The maximum Gasteiger partial charge on any atom is 0.335 e. The Balaban J connectivity index is 2.08. The molecule has 0 aliphatic heterocycles. The summed E-state index contributed by atoms with van der Waals surface area (Å²) >= 11 is 13.5. The number of thiophene rings is 1. The van der Waals surface area contributed by atoms with E-state index >= 15 is 0 Å². The summed E-state index contributed by atoms with van der Waals surface area (Å²) in [6.07, 6.45) is 0. The lowest BCUT2D eigenvalue weighted by Crippen LogP contribution is -2.21. The number of aromatic carboxylic acids is 1. The van der Waals surface area contributed by atoms with Gasteiger partial charge >= 0.3 is 5.97 Å². The molecule has 1 unspecified atom stereocenters. The fraction of sp³-hybridized carbons (Fsp3) is 0.267. The van der Waals surface area contributed by atoms with Crippen LogP contribution in [0.5, 0.6) is 0 Å². The number of rotatable bonds is 5. The van der Waals surface area contributed by atoms with Gasteiger partial charge in [0, 0.05) is 18.2 Å². The van der Waals surface area contributed by atoms with E-state index in [2.05, 4.69) is 11.8 Å². The Morgan fingerprint density at radius 1 is 1.33 bits per heavy atom. The molecule has 2 aromatic rings. The highest BCUT2D eigenvalue weighted by Gasteiger charge is 2.17. The number of nitrogens with zero attached hydrogens (tertiary/aromatic N) is 1. The molecule has 1 heterocycles. The minimum absolute atomic E-state index is 0.125. The van der Waals surface area contributed by atoms with Gasteiger partial charge in [0.1, 0.15) is 0 Å². The normalized spacial score (nSPS) is 12.6. The van der Waals surface area contributed by atoms with Crippen LogP contribution in [-0.2, 0) is 6.54 Å². The summed E-state index contributed by atoms with van der Waals surface area (Å²) < 4.78 is 1.39. The van der Waals surface area contributed by atoms with E-state index in [9.17, 15) is 4.79 Å². The van der Waals surface area contributed by atoms with Gasteiger partial charge in [-0.2, -0.15) is 0 Å². The largest absolute Gasteiger partial charge is 0.478 e. The minimum Gasteiger partial charge on any atom is -0.478 e. The third-order valence-corrected chi connectivity index (χ3v) is 4.95. The van der Waals surface area contributed by atoms with Crippen LogP contribution >= 0.6 is 34.5 Å². The lowest BCUT2D eigenvalue weighted by molar-refractivity contribution is 0.0697. The Labute approximate surface area is 137 Å². The van der Waals surface area contributed by atoms with Gasteiger partial charge in [0.05, 0.1) is 14.2 Å². The number of hydrogen-bond acceptors (Lipinski definition) is 3. The van der Waals surface area contributed by atoms with E-state index in [1.807, 2.05) is 25.2 Å². The first-order valence-electron chi connectivity index (χ1n) is 6.35. The molecule has 1 aromatic heterocycles. The van der Waals surface area contributed by atoms with E-state index in [1.54, 1.807) is 12.1 Å². The van der Waals surface area contributed by atoms with Crippen LogP contribution in [0.3, 0.4) is 0 Å². The van der Waals surface area contributed by atoms with Crippen LogP contribution in [0.15, 0.2) is 30.3 Å². The first-order valence-corrected chi connectivity index (χ1v) is 7.93. The molecule has 112 valence electrons. The van der Waals surface area contributed by atoms with Gasteiger partial charge in [0.15, 0.2) is 0 Å².